The van der Waals surface area contributed by atoms with Crippen molar-refractivity contribution in [3.63, 3.8) is 0 Å². The molecular weight excluding hydrogens is 444 g/mol. The van der Waals surface area contributed by atoms with E-state index in [0.717, 1.165) is 28.1 Å². The molecule has 3 aromatic rings. The van der Waals surface area contributed by atoms with Gasteiger partial charge in [0.2, 0.25) is 5.91 Å². The first-order valence-corrected chi connectivity index (χ1v) is 12.1. The molecule has 0 fully saturated rings. The summed E-state index contributed by atoms with van der Waals surface area (Å²) in [7, 11) is 0. The molecule has 6 nitrogen and oxygen atoms in total. The molecule has 0 aliphatic carbocycles. The van der Waals surface area contributed by atoms with E-state index in [0.29, 0.717) is 17.4 Å². The summed E-state index contributed by atoms with van der Waals surface area (Å²) in [4.78, 5) is 37.9. The molecule has 2 aliphatic rings. The van der Waals surface area contributed by atoms with Crippen LogP contribution in [0, 0.1) is 6.92 Å². The summed E-state index contributed by atoms with van der Waals surface area (Å²) < 4.78 is 0. The second-order valence-electron chi connectivity index (χ2n) is 8.17. The zero-order valence-electron chi connectivity index (χ0n) is 18.9. The first-order chi connectivity index (χ1) is 16.6. The monoisotopic (exact) mass is 468 g/mol. The standard InChI is InChI=1S/C27H24N4O2S/c1-3-22(25(32)28-20-15-9-7-11-17(20)2)34-27-29-21-16-10-8-14-19(21)24-30-23(26(33)31(24)27)18-12-5-4-6-13-18/h4-16,22-23H,3H2,1-2H3,(H,28,32). The molecule has 2 heterocycles. The van der Waals surface area contributed by atoms with Crippen LogP contribution in [0.2, 0.25) is 0 Å². The summed E-state index contributed by atoms with van der Waals surface area (Å²) in [5.74, 6) is 0.310. The van der Waals surface area contributed by atoms with Gasteiger partial charge in [-0.1, -0.05) is 79.3 Å². The number of hydrogen-bond acceptors (Lipinski definition) is 5. The molecule has 2 aliphatic heterocycles. The highest BCUT2D eigenvalue weighted by molar-refractivity contribution is 8.15. The molecule has 2 atom stereocenters. The molecule has 0 bridgehead atoms. The number of carbonyl (C=O) groups is 2. The lowest BCUT2D eigenvalue weighted by Gasteiger charge is -2.27. The molecule has 5 rings (SSSR count). The molecule has 1 N–H and O–H groups in total. The van der Waals surface area contributed by atoms with E-state index in [1.807, 2.05) is 92.7 Å². The predicted molar refractivity (Wildman–Crippen MR) is 138 cm³/mol. The van der Waals surface area contributed by atoms with E-state index in [9.17, 15) is 9.59 Å². The molecule has 34 heavy (non-hydrogen) atoms. The van der Waals surface area contributed by atoms with Gasteiger partial charge < -0.3 is 5.32 Å². The fraction of sp³-hybridized carbons (Fsp3) is 0.185. The summed E-state index contributed by atoms with van der Waals surface area (Å²) in [5.41, 5.74) is 4.17. The quantitative estimate of drug-likeness (QED) is 0.539. The highest BCUT2D eigenvalue weighted by Gasteiger charge is 2.43. The van der Waals surface area contributed by atoms with E-state index < -0.39 is 11.3 Å². The zero-order chi connectivity index (χ0) is 23.7. The van der Waals surface area contributed by atoms with Gasteiger partial charge in [-0.05, 0) is 42.7 Å². The first-order valence-electron chi connectivity index (χ1n) is 11.2. The maximum atomic E-state index is 13.6. The Kier molecular flexibility index (Phi) is 6.02. The van der Waals surface area contributed by atoms with E-state index in [-0.39, 0.29) is 11.8 Å². The minimum absolute atomic E-state index is 0.117. The van der Waals surface area contributed by atoms with Crippen molar-refractivity contribution in [3.8, 4) is 0 Å². The van der Waals surface area contributed by atoms with Crippen molar-refractivity contribution in [2.24, 2.45) is 9.98 Å². The number of amides is 2. The topological polar surface area (TPSA) is 74.1 Å². The van der Waals surface area contributed by atoms with Gasteiger partial charge in [-0.25, -0.2) is 14.9 Å². The number of carbonyl (C=O) groups excluding carboxylic acids is 2. The van der Waals surface area contributed by atoms with E-state index in [1.54, 1.807) is 4.90 Å². The van der Waals surface area contributed by atoms with Gasteiger partial charge in [0.1, 0.15) is 5.84 Å². The summed E-state index contributed by atoms with van der Waals surface area (Å²) in [6.45, 7) is 3.92. The second-order valence-corrected chi connectivity index (χ2v) is 9.34. The van der Waals surface area contributed by atoms with E-state index in [1.165, 1.54) is 11.8 Å². The van der Waals surface area contributed by atoms with Crippen molar-refractivity contribution in [1.29, 1.82) is 0 Å². The van der Waals surface area contributed by atoms with Crippen molar-refractivity contribution in [2.45, 2.75) is 31.6 Å². The lowest BCUT2D eigenvalue weighted by molar-refractivity contribution is -0.124. The zero-order valence-corrected chi connectivity index (χ0v) is 19.8. The van der Waals surface area contributed by atoms with Crippen LogP contribution in [0.4, 0.5) is 11.4 Å². The molecule has 0 radical (unpaired) electrons. The molecule has 0 aromatic heterocycles. The Morgan fingerprint density at radius 2 is 1.74 bits per heavy atom. The maximum Gasteiger partial charge on any atom is 0.263 e. The van der Waals surface area contributed by atoms with Crippen LogP contribution in [-0.2, 0) is 9.59 Å². The van der Waals surface area contributed by atoms with Crippen molar-refractivity contribution in [1.82, 2.24) is 4.90 Å². The SMILES string of the molecule is CCC(SC1=Nc2ccccc2C2=NC(c3ccccc3)C(=O)N12)C(=O)Nc1ccccc1C. The molecule has 7 heteroatoms. The molecule has 2 unspecified atom stereocenters. The Hall–Kier alpha value is -3.71. The van der Waals surface area contributed by atoms with Crippen LogP contribution < -0.4 is 5.32 Å². The van der Waals surface area contributed by atoms with Crippen LogP contribution in [0.15, 0.2) is 88.8 Å². The number of fused-ring (bicyclic) bond motifs is 3. The number of amidine groups is 2. The first kappa shape index (κ1) is 22.1. The van der Waals surface area contributed by atoms with E-state index in [4.69, 9.17) is 9.98 Å². The maximum absolute atomic E-state index is 13.6. The van der Waals surface area contributed by atoms with Gasteiger partial charge >= 0.3 is 0 Å². The Labute approximate surface area is 202 Å². The summed E-state index contributed by atoms with van der Waals surface area (Å²) in [6.07, 6.45) is 0.583. The lowest BCUT2D eigenvalue weighted by atomic mass is 10.1. The van der Waals surface area contributed by atoms with Gasteiger partial charge in [0.05, 0.1) is 10.9 Å². The molecular formula is C27H24N4O2S. The van der Waals surface area contributed by atoms with Crippen molar-refractivity contribution in [2.75, 3.05) is 5.32 Å². The number of thioether (sulfide) groups is 1. The van der Waals surface area contributed by atoms with Crippen LogP contribution in [0.3, 0.4) is 0 Å². The third-order valence-corrected chi connectivity index (χ3v) is 7.22. The van der Waals surface area contributed by atoms with Crippen molar-refractivity contribution >= 4 is 46.0 Å². The van der Waals surface area contributed by atoms with Crippen LogP contribution in [0.5, 0.6) is 0 Å². The summed E-state index contributed by atoms with van der Waals surface area (Å²) in [6, 6.07) is 24.3. The smallest absolute Gasteiger partial charge is 0.263 e. The summed E-state index contributed by atoms with van der Waals surface area (Å²) >= 11 is 1.30. The van der Waals surface area contributed by atoms with Crippen LogP contribution in [0.25, 0.3) is 0 Å². The van der Waals surface area contributed by atoms with Gasteiger partial charge in [0, 0.05) is 11.3 Å². The van der Waals surface area contributed by atoms with E-state index >= 15 is 0 Å². The van der Waals surface area contributed by atoms with Gasteiger partial charge in [0.25, 0.3) is 5.91 Å². The van der Waals surface area contributed by atoms with Crippen LogP contribution in [-0.4, -0.2) is 33.0 Å². The third kappa shape index (κ3) is 4.03. The molecule has 2 amide bonds. The fourth-order valence-corrected chi connectivity index (χ4v) is 5.08. The number of rotatable bonds is 5. The molecule has 3 aromatic carbocycles. The van der Waals surface area contributed by atoms with E-state index in [2.05, 4.69) is 5.32 Å². The number of aliphatic imine (C=N–C) groups is 2. The Bertz CT molecular complexity index is 1320. The molecule has 170 valence electrons. The normalized spacial score (nSPS) is 17.4. The van der Waals surface area contributed by atoms with Gasteiger partial charge in [-0.3, -0.25) is 9.59 Å². The van der Waals surface area contributed by atoms with Crippen LogP contribution >= 0.6 is 11.8 Å². The average molecular weight is 469 g/mol. The van der Waals surface area contributed by atoms with Gasteiger partial charge in [-0.2, -0.15) is 0 Å². The van der Waals surface area contributed by atoms with Gasteiger partial charge in [0.15, 0.2) is 11.2 Å². The number of para-hydroxylation sites is 2. The van der Waals surface area contributed by atoms with Gasteiger partial charge in [-0.15, -0.1) is 0 Å². The van der Waals surface area contributed by atoms with Crippen molar-refractivity contribution in [3.05, 3.63) is 95.6 Å². The predicted octanol–water partition coefficient (Wildman–Crippen LogP) is 5.48. The minimum atomic E-state index is -0.631. The molecule has 0 saturated carbocycles. The lowest BCUT2D eigenvalue weighted by Crippen LogP contribution is -2.41. The Morgan fingerprint density at radius 1 is 1.03 bits per heavy atom. The average Bonchev–Trinajstić information content (AvgIpc) is 3.22. The van der Waals surface area contributed by atoms with Crippen LogP contribution in [0.1, 0.15) is 36.1 Å². The summed E-state index contributed by atoms with van der Waals surface area (Å²) in [5, 5.41) is 3.08. The minimum Gasteiger partial charge on any atom is -0.325 e. The largest absolute Gasteiger partial charge is 0.325 e. The number of benzene rings is 3. The number of hydrogen-bond donors (Lipinski definition) is 1. The third-order valence-electron chi connectivity index (χ3n) is 5.90. The number of anilines is 1. The number of nitrogens with one attached hydrogen (secondary N) is 1. The Morgan fingerprint density at radius 3 is 2.50 bits per heavy atom. The molecule has 0 saturated heterocycles. The fourth-order valence-electron chi connectivity index (χ4n) is 4.06. The molecule has 0 spiro atoms. The highest BCUT2D eigenvalue weighted by atomic mass is 32.2. The number of aryl methyl sites for hydroxylation is 1. The number of nitrogens with zero attached hydrogens (tertiary/aromatic N) is 3. The van der Waals surface area contributed by atoms with Crippen molar-refractivity contribution < 1.29 is 9.59 Å². The second kappa shape index (κ2) is 9.27. The highest BCUT2D eigenvalue weighted by Crippen LogP contribution is 2.38. The Balaban J connectivity index is 1.47.